The molecule has 5 aromatic carbocycles. The fourth-order valence-corrected chi connectivity index (χ4v) is 5.87. The molecular weight excluding hydrogens is 787 g/mol. The van der Waals surface area contributed by atoms with Crippen LogP contribution in [0.1, 0.15) is 31.8 Å². The van der Waals surface area contributed by atoms with Crippen molar-refractivity contribution in [3.63, 3.8) is 0 Å². The number of benzene rings is 5. The Kier molecular flexibility index (Phi) is 11.4. The van der Waals surface area contributed by atoms with Crippen molar-refractivity contribution in [1.82, 2.24) is 4.40 Å². The lowest BCUT2D eigenvalue weighted by molar-refractivity contribution is -0.137. The minimum absolute atomic E-state index is 0.0350. The molecule has 0 unspecified atom stereocenters. The Labute approximate surface area is 321 Å². The van der Waals surface area contributed by atoms with E-state index in [4.69, 9.17) is 0 Å². The van der Waals surface area contributed by atoms with Gasteiger partial charge in [0.05, 0.1) is 27.9 Å². The maximum atomic E-state index is 14.0. The van der Waals surface area contributed by atoms with Crippen LogP contribution in [0.4, 0.5) is 59.7 Å². The van der Waals surface area contributed by atoms with Crippen LogP contribution in [0, 0.1) is 29.1 Å². The molecule has 0 saturated heterocycles. The maximum Gasteiger partial charge on any atom is 0.418 e. The topological polar surface area (TPSA) is 62.6 Å². The van der Waals surface area contributed by atoms with E-state index in [9.17, 15) is 57.9 Å². The SMILES string of the molecule is O=C(Nc1ccc(-c2c(C(F)(F)F)cc3ccccn23)cc1)c1cccc(F)c1F.O=C(Nc1ccc(-c2c(F)cccc2C(F)(F)F)cc1)c1cccc(F)c1F. The summed E-state index contributed by atoms with van der Waals surface area (Å²) < 4.78 is 149. The number of alkyl halides is 6. The van der Waals surface area contributed by atoms with Crippen LogP contribution in [0.15, 0.2) is 134 Å². The first-order chi connectivity index (χ1) is 27.4. The lowest BCUT2D eigenvalue weighted by Crippen LogP contribution is -2.14. The maximum absolute atomic E-state index is 14.0. The van der Waals surface area contributed by atoms with E-state index in [0.29, 0.717) is 5.52 Å². The monoisotopic (exact) mass is 811 g/mol. The summed E-state index contributed by atoms with van der Waals surface area (Å²) in [5.74, 6) is -7.80. The quantitative estimate of drug-likeness (QED) is 0.164. The van der Waals surface area contributed by atoms with Crippen molar-refractivity contribution < 1.29 is 57.9 Å². The van der Waals surface area contributed by atoms with Crippen LogP contribution in [0.3, 0.4) is 0 Å². The third-order valence-corrected chi connectivity index (χ3v) is 8.54. The van der Waals surface area contributed by atoms with Crippen LogP contribution in [0.25, 0.3) is 27.9 Å². The predicted octanol–water partition coefficient (Wildman–Crippen LogP) is 12.2. The van der Waals surface area contributed by atoms with Crippen molar-refractivity contribution >= 4 is 28.7 Å². The van der Waals surface area contributed by atoms with Gasteiger partial charge >= 0.3 is 12.4 Å². The molecule has 2 amide bonds. The fourth-order valence-electron chi connectivity index (χ4n) is 5.87. The zero-order valence-electron chi connectivity index (χ0n) is 29.1. The number of nitrogens with one attached hydrogen (secondary N) is 2. The van der Waals surface area contributed by atoms with E-state index in [1.165, 1.54) is 65.2 Å². The summed E-state index contributed by atoms with van der Waals surface area (Å²) in [5, 5.41) is 4.71. The molecular formula is C42H24F11N3O2. The molecule has 58 heavy (non-hydrogen) atoms. The summed E-state index contributed by atoms with van der Waals surface area (Å²) in [5.41, 5.74) is -2.63. The molecule has 5 nitrogen and oxygen atoms in total. The van der Waals surface area contributed by atoms with Gasteiger partial charge in [-0.1, -0.05) is 48.5 Å². The van der Waals surface area contributed by atoms with Gasteiger partial charge in [-0.25, -0.2) is 22.0 Å². The average molecular weight is 812 g/mol. The Morgan fingerprint density at radius 3 is 1.45 bits per heavy atom. The molecule has 0 aliphatic heterocycles. The van der Waals surface area contributed by atoms with Gasteiger partial charge in [-0.2, -0.15) is 26.3 Å². The van der Waals surface area contributed by atoms with Gasteiger partial charge in [0.15, 0.2) is 23.3 Å². The van der Waals surface area contributed by atoms with Crippen LogP contribution in [0.5, 0.6) is 0 Å². The van der Waals surface area contributed by atoms with E-state index in [0.717, 1.165) is 54.6 Å². The molecule has 2 N–H and O–H groups in total. The highest BCUT2D eigenvalue weighted by atomic mass is 19.4. The molecule has 16 heteroatoms. The molecule has 0 spiro atoms. The summed E-state index contributed by atoms with van der Waals surface area (Å²) in [6.45, 7) is 0. The van der Waals surface area contributed by atoms with Crippen LogP contribution < -0.4 is 10.6 Å². The lowest BCUT2D eigenvalue weighted by atomic mass is 9.98. The van der Waals surface area contributed by atoms with Gasteiger partial charge in [0.2, 0.25) is 0 Å². The third-order valence-electron chi connectivity index (χ3n) is 8.54. The fraction of sp³-hybridized carbons (Fsp3) is 0.0476. The van der Waals surface area contributed by atoms with E-state index in [2.05, 4.69) is 10.6 Å². The average Bonchev–Trinajstić information content (AvgIpc) is 3.58. The Balaban J connectivity index is 0.000000196. The molecule has 0 aliphatic carbocycles. The summed E-state index contributed by atoms with van der Waals surface area (Å²) in [4.78, 5) is 24.2. The Hall–Kier alpha value is -6.97. The van der Waals surface area contributed by atoms with Gasteiger partial charge < -0.3 is 15.0 Å². The van der Waals surface area contributed by atoms with Crippen LogP contribution in [0.2, 0.25) is 0 Å². The molecule has 0 radical (unpaired) electrons. The zero-order valence-corrected chi connectivity index (χ0v) is 29.1. The molecule has 2 heterocycles. The molecule has 0 bridgehead atoms. The van der Waals surface area contributed by atoms with E-state index in [1.54, 1.807) is 18.2 Å². The van der Waals surface area contributed by atoms with E-state index >= 15 is 0 Å². The number of hydrogen-bond acceptors (Lipinski definition) is 2. The van der Waals surface area contributed by atoms with Crippen molar-refractivity contribution in [2.24, 2.45) is 0 Å². The number of hydrogen-bond donors (Lipinski definition) is 2. The molecule has 0 saturated carbocycles. The number of fused-ring (bicyclic) bond motifs is 1. The van der Waals surface area contributed by atoms with Crippen molar-refractivity contribution in [3.8, 4) is 22.4 Å². The highest BCUT2D eigenvalue weighted by Gasteiger charge is 2.36. The minimum Gasteiger partial charge on any atom is -0.322 e. The zero-order chi connectivity index (χ0) is 41.9. The Morgan fingerprint density at radius 1 is 0.483 bits per heavy atom. The highest BCUT2D eigenvalue weighted by Crippen LogP contribution is 2.40. The number of nitrogens with zero attached hydrogens (tertiary/aromatic N) is 1. The standard InChI is InChI=1S/C22H13F5N2O.C20H11F6NO/c23-18-6-3-5-16(19(18)24)21(30)28-14-9-7-13(8-10-14)20-17(22(25,26)27)12-15-4-1-2-11-29(15)20;21-15-5-2-4-14(20(24,25)26)17(15)11-7-9-12(10-8-11)27-19(28)13-3-1-6-16(22)18(13)23/h1-12H,(H,28,30);1-10H,(H,27,28). The number of amides is 2. The predicted molar refractivity (Wildman–Crippen MR) is 193 cm³/mol. The molecule has 7 rings (SSSR count). The minimum atomic E-state index is -4.75. The van der Waals surface area contributed by atoms with Gasteiger partial charge in [0.25, 0.3) is 11.8 Å². The largest absolute Gasteiger partial charge is 0.418 e. The second-order valence-corrected chi connectivity index (χ2v) is 12.3. The van der Waals surface area contributed by atoms with Gasteiger partial charge in [-0.15, -0.1) is 0 Å². The van der Waals surface area contributed by atoms with Crippen molar-refractivity contribution in [2.75, 3.05) is 10.6 Å². The number of carbonyl (C=O) groups excluding carboxylic acids is 2. The number of anilines is 2. The first-order valence-corrected chi connectivity index (χ1v) is 16.7. The lowest BCUT2D eigenvalue weighted by Gasteiger charge is -2.14. The highest BCUT2D eigenvalue weighted by molar-refractivity contribution is 6.05. The first kappa shape index (κ1) is 40.7. The second-order valence-electron chi connectivity index (χ2n) is 12.3. The summed E-state index contributed by atoms with van der Waals surface area (Å²) in [7, 11) is 0. The van der Waals surface area contributed by atoms with Gasteiger partial charge in [0.1, 0.15) is 5.82 Å². The number of aromatic nitrogens is 1. The smallest absolute Gasteiger partial charge is 0.322 e. The Bertz CT molecular complexity index is 2630. The molecule has 2 aromatic heterocycles. The number of carbonyl (C=O) groups is 2. The van der Waals surface area contributed by atoms with Gasteiger partial charge in [0, 0.05) is 28.7 Å². The summed E-state index contributed by atoms with van der Waals surface area (Å²) in [6.07, 6.45) is -7.77. The molecule has 0 aliphatic rings. The summed E-state index contributed by atoms with van der Waals surface area (Å²) >= 11 is 0. The van der Waals surface area contributed by atoms with Crippen molar-refractivity contribution in [2.45, 2.75) is 12.4 Å². The van der Waals surface area contributed by atoms with Gasteiger partial charge in [-0.3, -0.25) is 9.59 Å². The number of halogens is 11. The Morgan fingerprint density at radius 2 is 0.948 bits per heavy atom. The van der Waals surface area contributed by atoms with Gasteiger partial charge in [-0.05, 0) is 90.0 Å². The van der Waals surface area contributed by atoms with E-state index in [-0.39, 0.29) is 28.2 Å². The van der Waals surface area contributed by atoms with Crippen LogP contribution in [-0.4, -0.2) is 16.2 Å². The van der Waals surface area contributed by atoms with Crippen LogP contribution in [-0.2, 0) is 12.4 Å². The normalized spacial score (nSPS) is 11.5. The number of pyridine rings is 1. The first-order valence-electron chi connectivity index (χ1n) is 16.7. The molecule has 296 valence electrons. The third kappa shape index (κ3) is 8.70. The van der Waals surface area contributed by atoms with Crippen LogP contribution >= 0.6 is 0 Å². The second kappa shape index (κ2) is 16.3. The molecule has 0 fully saturated rings. The molecule has 0 atom stereocenters. The number of rotatable bonds is 6. The van der Waals surface area contributed by atoms with E-state index in [1.807, 2.05) is 0 Å². The van der Waals surface area contributed by atoms with Crippen molar-refractivity contribution in [3.05, 3.63) is 185 Å². The van der Waals surface area contributed by atoms with Crippen molar-refractivity contribution in [1.29, 1.82) is 0 Å². The molecule has 7 aromatic rings. The van der Waals surface area contributed by atoms with E-state index < -0.39 is 81.1 Å². The summed E-state index contributed by atoms with van der Waals surface area (Å²) in [6, 6.07) is 25.3.